The van der Waals surface area contributed by atoms with Gasteiger partial charge in [0.15, 0.2) is 0 Å². The Balaban J connectivity index is 6.05. The maximum Gasteiger partial charge on any atom is 0.385 e. The Morgan fingerprint density at radius 3 is 1.45 bits per heavy atom. The van der Waals surface area contributed by atoms with E-state index in [1.807, 2.05) is 0 Å². The molecule has 0 saturated carbocycles. The summed E-state index contributed by atoms with van der Waals surface area (Å²) in [6.07, 6.45) is -6.92. The van der Waals surface area contributed by atoms with Crippen LogP contribution in [0.2, 0.25) is 0 Å². The van der Waals surface area contributed by atoms with Gasteiger partial charge >= 0.3 is 36.0 Å². The van der Waals surface area contributed by atoms with Gasteiger partial charge in [0.05, 0.1) is 6.61 Å². The molecule has 0 atom stereocenters. The normalized spacial score (nSPS) is 15.9. The van der Waals surface area contributed by atoms with Gasteiger partial charge in [0.1, 0.15) is 0 Å². The van der Waals surface area contributed by atoms with E-state index in [-0.39, 0.29) is 6.08 Å². The molecule has 0 aliphatic carbocycles. The Hall–Kier alpha value is -1.14. The molecule has 0 aromatic carbocycles. The van der Waals surface area contributed by atoms with Crippen molar-refractivity contribution >= 4 is 0 Å². The van der Waals surface area contributed by atoms with E-state index in [2.05, 4.69) is 0 Å². The lowest BCUT2D eigenvalue weighted by Gasteiger charge is -2.38. The minimum Gasteiger partial charge on any atom is -0.392 e. The average Bonchev–Trinajstić information content (AvgIpc) is 2.35. The standard InChI is InChI=1S/C9H6F12O/c10-4(11)6(14,15)8(18,19)9(20,21)7(16,17)5(12,13)2-1-3-22/h1-2,4,22H,3H2/b2-1+. The molecule has 1 N–H and O–H groups in total. The average molecular weight is 358 g/mol. The molecule has 0 saturated heterocycles. The lowest BCUT2D eigenvalue weighted by Crippen LogP contribution is -2.68. The molecule has 1 nitrogen and oxygen atoms in total. The van der Waals surface area contributed by atoms with Gasteiger partial charge in [-0.15, -0.1) is 0 Å². The van der Waals surface area contributed by atoms with Crippen molar-refractivity contribution in [1.82, 2.24) is 0 Å². The summed E-state index contributed by atoms with van der Waals surface area (Å²) in [5.41, 5.74) is 0. The summed E-state index contributed by atoms with van der Waals surface area (Å²) in [5.74, 6) is -35.3. The smallest absolute Gasteiger partial charge is 0.385 e. The highest BCUT2D eigenvalue weighted by atomic mass is 19.4. The second-order valence-electron chi connectivity index (χ2n) is 3.85. The van der Waals surface area contributed by atoms with Crippen molar-refractivity contribution in [3.63, 3.8) is 0 Å². The lowest BCUT2D eigenvalue weighted by molar-refractivity contribution is -0.406. The number of halogens is 12. The molecule has 0 spiro atoms. The SMILES string of the molecule is OC/C=C/C(F)(F)C(F)(F)C(F)(F)C(F)(F)C(F)(F)C(F)F. The molecule has 0 bridgehead atoms. The van der Waals surface area contributed by atoms with Gasteiger partial charge in [-0.1, -0.05) is 6.08 Å². The lowest BCUT2D eigenvalue weighted by atomic mass is 9.94. The van der Waals surface area contributed by atoms with Crippen LogP contribution in [0.5, 0.6) is 0 Å². The Labute approximate surface area is 114 Å². The highest BCUT2D eigenvalue weighted by Crippen LogP contribution is 2.58. The van der Waals surface area contributed by atoms with Crippen molar-refractivity contribution in [3.8, 4) is 0 Å². The van der Waals surface area contributed by atoms with Crippen LogP contribution in [0, 0.1) is 0 Å². The van der Waals surface area contributed by atoms with Crippen molar-refractivity contribution in [2.45, 2.75) is 36.0 Å². The number of aliphatic hydroxyl groups excluding tert-OH is 1. The summed E-state index contributed by atoms with van der Waals surface area (Å²) in [7, 11) is 0. The van der Waals surface area contributed by atoms with E-state index in [9.17, 15) is 52.7 Å². The molecule has 0 unspecified atom stereocenters. The van der Waals surface area contributed by atoms with Crippen LogP contribution in [-0.4, -0.2) is 47.8 Å². The molecule has 0 radical (unpaired) electrons. The fourth-order valence-electron chi connectivity index (χ4n) is 1.06. The number of hydrogen-bond donors (Lipinski definition) is 1. The molecular weight excluding hydrogens is 352 g/mol. The zero-order valence-electron chi connectivity index (χ0n) is 9.92. The van der Waals surface area contributed by atoms with Crippen LogP contribution in [0.4, 0.5) is 52.7 Å². The number of rotatable bonds is 7. The topological polar surface area (TPSA) is 20.2 Å². The molecule has 0 aliphatic heterocycles. The number of aliphatic hydroxyl groups is 1. The molecule has 0 rings (SSSR count). The summed E-state index contributed by atoms with van der Waals surface area (Å²) in [5, 5.41) is 8.04. The first kappa shape index (κ1) is 20.9. The molecular formula is C9H6F12O. The predicted octanol–water partition coefficient (Wildman–Crippen LogP) is 3.98. The zero-order chi connectivity index (χ0) is 18.2. The van der Waals surface area contributed by atoms with Crippen LogP contribution in [0.15, 0.2) is 12.2 Å². The number of hydrogen-bond acceptors (Lipinski definition) is 1. The van der Waals surface area contributed by atoms with Gasteiger partial charge in [-0.2, -0.15) is 43.9 Å². The summed E-state index contributed by atoms with van der Waals surface area (Å²) in [4.78, 5) is 0. The summed E-state index contributed by atoms with van der Waals surface area (Å²) < 4.78 is 151. The first-order valence-corrected chi connectivity index (χ1v) is 4.96. The fourth-order valence-corrected chi connectivity index (χ4v) is 1.06. The van der Waals surface area contributed by atoms with E-state index in [0.717, 1.165) is 0 Å². The summed E-state index contributed by atoms with van der Waals surface area (Å²) in [6.45, 7) is -1.40. The van der Waals surface area contributed by atoms with Crippen LogP contribution in [0.3, 0.4) is 0 Å². The van der Waals surface area contributed by atoms with Gasteiger partial charge in [0.2, 0.25) is 0 Å². The van der Waals surface area contributed by atoms with E-state index in [4.69, 9.17) is 5.11 Å². The van der Waals surface area contributed by atoms with Gasteiger partial charge in [-0.25, -0.2) is 8.78 Å². The van der Waals surface area contributed by atoms with E-state index < -0.39 is 48.7 Å². The van der Waals surface area contributed by atoms with Crippen LogP contribution in [0.25, 0.3) is 0 Å². The largest absolute Gasteiger partial charge is 0.392 e. The highest BCUT2D eigenvalue weighted by molar-refractivity contribution is 5.14. The van der Waals surface area contributed by atoms with Crippen molar-refractivity contribution < 1.29 is 57.8 Å². The molecule has 0 aromatic heterocycles. The summed E-state index contributed by atoms with van der Waals surface area (Å²) >= 11 is 0. The van der Waals surface area contributed by atoms with Crippen LogP contribution in [0.1, 0.15) is 0 Å². The fraction of sp³-hybridized carbons (Fsp3) is 0.778. The maximum absolute atomic E-state index is 12.9. The molecule has 0 aliphatic rings. The van der Waals surface area contributed by atoms with Gasteiger partial charge < -0.3 is 5.11 Å². The molecule has 22 heavy (non-hydrogen) atoms. The van der Waals surface area contributed by atoms with Crippen molar-refractivity contribution in [1.29, 1.82) is 0 Å². The minimum absolute atomic E-state index is 0.257. The first-order valence-electron chi connectivity index (χ1n) is 4.96. The van der Waals surface area contributed by atoms with Crippen LogP contribution >= 0.6 is 0 Å². The Morgan fingerprint density at radius 2 is 1.14 bits per heavy atom. The van der Waals surface area contributed by atoms with Gasteiger partial charge in [0.25, 0.3) is 0 Å². The Morgan fingerprint density at radius 1 is 0.727 bits per heavy atom. The Kier molecular flexibility index (Phi) is 5.51. The van der Waals surface area contributed by atoms with Crippen LogP contribution < -0.4 is 0 Å². The third kappa shape index (κ3) is 2.86. The highest BCUT2D eigenvalue weighted by Gasteiger charge is 2.87. The third-order valence-corrected chi connectivity index (χ3v) is 2.33. The van der Waals surface area contributed by atoms with E-state index >= 15 is 0 Å². The Bertz CT molecular complexity index is 413. The van der Waals surface area contributed by atoms with E-state index in [1.165, 1.54) is 0 Å². The second-order valence-corrected chi connectivity index (χ2v) is 3.85. The van der Waals surface area contributed by atoms with E-state index in [0.29, 0.717) is 0 Å². The first-order chi connectivity index (χ1) is 9.50. The van der Waals surface area contributed by atoms with Crippen molar-refractivity contribution in [2.75, 3.05) is 6.61 Å². The molecule has 0 amide bonds. The number of allylic oxidation sites excluding steroid dienone is 1. The molecule has 132 valence electrons. The molecule has 0 fully saturated rings. The van der Waals surface area contributed by atoms with Gasteiger partial charge in [-0.05, 0) is 6.08 Å². The van der Waals surface area contributed by atoms with Gasteiger partial charge in [0, 0.05) is 0 Å². The molecule has 13 heteroatoms. The van der Waals surface area contributed by atoms with Crippen LogP contribution in [-0.2, 0) is 0 Å². The summed E-state index contributed by atoms with van der Waals surface area (Å²) in [6, 6.07) is 0. The van der Waals surface area contributed by atoms with E-state index in [1.54, 1.807) is 0 Å². The van der Waals surface area contributed by atoms with Crippen molar-refractivity contribution in [3.05, 3.63) is 12.2 Å². The minimum atomic E-state index is -7.54. The molecule has 0 heterocycles. The second kappa shape index (κ2) is 5.81. The molecule has 0 aromatic rings. The quantitative estimate of drug-likeness (QED) is 0.539. The zero-order valence-corrected chi connectivity index (χ0v) is 9.92. The predicted molar refractivity (Wildman–Crippen MR) is 47.0 cm³/mol. The maximum atomic E-state index is 12.9. The third-order valence-electron chi connectivity index (χ3n) is 2.33. The monoisotopic (exact) mass is 358 g/mol. The number of alkyl halides is 12. The van der Waals surface area contributed by atoms with Gasteiger partial charge in [-0.3, -0.25) is 0 Å². The van der Waals surface area contributed by atoms with Crippen molar-refractivity contribution in [2.24, 2.45) is 0 Å².